The van der Waals surface area contributed by atoms with E-state index in [-0.39, 0.29) is 23.9 Å². The fourth-order valence-corrected chi connectivity index (χ4v) is 4.47. The van der Waals surface area contributed by atoms with Crippen LogP contribution >= 0.6 is 0 Å². The molecule has 0 aliphatic heterocycles. The number of methoxy groups -OCH3 is 1. The van der Waals surface area contributed by atoms with Crippen LogP contribution in [0.4, 0.5) is 4.79 Å². The van der Waals surface area contributed by atoms with Crippen molar-refractivity contribution in [2.24, 2.45) is 5.92 Å². The molecule has 3 aromatic rings. The quantitative estimate of drug-likeness (QED) is 0.611. The Morgan fingerprint density at radius 1 is 1.07 bits per heavy atom. The van der Waals surface area contributed by atoms with Crippen LogP contribution in [0.2, 0.25) is 0 Å². The SMILES string of the molecule is CCOC(=O)n1c2c(c3ccccc31)C[C@@H](C(=O)OC)[C@H](c1ccc(C)cc1)C2. The van der Waals surface area contributed by atoms with E-state index in [9.17, 15) is 9.59 Å². The Labute approximate surface area is 170 Å². The zero-order valence-electron chi connectivity index (χ0n) is 17.0. The van der Waals surface area contributed by atoms with E-state index >= 15 is 0 Å². The monoisotopic (exact) mass is 391 g/mol. The standard InChI is InChI=1S/C24H25NO4/c1-4-29-24(27)25-21-8-6-5-7-17(21)19-13-20(23(26)28-3)18(14-22(19)25)16-11-9-15(2)10-12-16/h5-12,18,20H,4,13-14H2,1-3H3/t18-,20+/m0/s1. The number of benzene rings is 2. The van der Waals surface area contributed by atoms with Gasteiger partial charge < -0.3 is 9.47 Å². The van der Waals surface area contributed by atoms with Crippen molar-refractivity contribution < 1.29 is 19.1 Å². The lowest BCUT2D eigenvalue weighted by Gasteiger charge is -2.31. The highest BCUT2D eigenvalue weighted by Gasteiger charge is 2.39. The molecular formula is C24H25NO4. The van der Waals surface area contributed by atoms with Crippen LogP contribution in [0.1, 0.15) is 35.2 Å². The number of nitrogens with zero attached hydrogens (tertiary/aromatic N) is 1. The minimum absolute atomic E-state index is 0.0620. The highest BCUT2D eigenvalue weighted by atomic mass is 16.5. The summed E-state index contributed by atoms with van der Waals surface area (Å²) in [4.78, 5) is 25.5. The van der Waals surface area contributed by atoms with Gasteiger partial charge in [-0.05, 0) is 43.9 Å². The molecule has 0 N–H and O–H groups in total. The summed E-state index contributed by atoms with van der Waals surface area (Å²) in [5, 5.41) is 0.992. The second-order valence-corrected chi connectivity index (χ2v) is 7.53. The van der Waals surface area contributed by atoms with Gasteiger partial charge in [-0.25, -0.2) is 9.36 Å². The maximum atomic E-state index is 12.8. The third-order valence-electron chi connectivity index (χ3n) is 5.87. The topological polar surface area (TPSA) is 57.5 Å². The number of aromatic nitrogens is 1. The van der Waals surface area contributed by atoms with E-state index in [1.54, 1.807) is 11.5 Å². The summed E-state index contributed by atoms with van der Waals surface area (Å²) in [7, 11) is 1.44. The van der Waals surface area contributed by atoms with Crippen molar-refractivity contribution in [3.05, 3.63) is 70.9 Å². The molecule has 1 aliphatic carbocycles. The van der Waals surface area contributed by atoms with E-state index < -0.39 is 0 Å². The van der Waals surface area contributed by atoms with E-state index in [4.69, 9.17) is 9.47 Å². The molecule has 4 rings (SSSR count). The van der Waals surface area contributed by atoms with Crippen LogP contribution < -0.4 is 0 Å². The van der Waals surface area contributed by atoms with E-state index in [1.807, 2.05) is 31.2 Å². The molecule has 0 spiro atoms. The predicted octanol–water partition coefficient (Wildman–Crippen LogP) is 4.63. The maximum Gasteiger partial charge on any atom is 0.418 e. The normalized spacial score (nSPS) is 18.3. The first-order chi connectivity index (χ1) is 14.0. The molecule has 1 heterocycles. The van der Waals surface area contributed by atoms with Crippen LogP contribution in [0.15, 0.2) is 48.5 Å². The summed E-state index contributed by atoms with van der Waals surface area (Å²) in [6, 6.07) is 16.1. The Morgan fingerprint density at radius 3 is 2.48 bits per heavy atom. The van der Waals surface area contributed by atoms with Crippen molar-refractivity contribution in [3.63, 3.8) is 0 Å². The summed E-state index contributed by atoms with van der Waals surface area (Å²) in [6.45, 7) is 4.16. The summed E-state index contributed by atoms with van der Waals surface area (Å²) < 4.78 is 12.2. The van der Waals surface area contributed by atoms with Crippen molar-refractivity contribution in [1.82, 2.24) is 4.57 Å². The van der Waals surface area contributed by atoms with Crippen molar-refractivity contribution in [1.29, 1.82) is 0 Å². The predicted molar refractivity (Wildman–Crippen MR) is 111 cm³/mol. The number of esters is 1. The van der Waals surface area contributed by atoms with Gasteiger partial charge in [-0.1, -0.05) is 48.0 Å². The molecule has 5 nitrogen and oxygen atoms in total. The molecule has 150 valence electrons. The molecule has 0 saturated heterocycles. The zero-order valence-corrected chi connectivity index (χ0v) is 17.0. The Kier molecular flexibility index (Phi) is 5.14. The van der Waals surface area contributed by atoms with Gasteiger partial charge in [0.05, 0.1) is 25.2 Å². The summed E-state index contributed by atoms with van der Waals surface area (Å²) in [6.07, 6.45) is 0.739. The molecule has 2 aromatic carbocycles. The average Bonchev–Trinajstić information content (AvgIpc) is 3.06. The summed E-state index contributed by atoms with van der Waals surface area (Å²) in [5.74, 6) is -0.570. The first-order valence-corrected chi connectivity index (χ1v) is 9.97. The van der Waals surface area contributed by atoms with Gasteiger partial charge in [0, 0.05) is 17.0 Å². The van der Waals surface area contributed by atoms with Crippen molar-refractivity contribution in [2.45, 2.75) is 32.6 Å². The lowest BCUT2D eigenvalue weighted by Crippen LogP contribution is -2.32. The Balaban J connectivity index is 1.89. The highest BCUT2D eigenvalue weighted by molar-refractivity contribution is 5.94. The number of ether oxygens (including phenoxy) is 2. The van der Waals surface area contributed by atoms with Crippen LogP contribution in [0.5, 0.6) is 0 Å². The molecule has 1 aromatic heterocycles. The van der Waals surface area contributed by atoms with Gasteiger partial charge in [0.25, 0.3) is 0 Å². The average molecular weight is 391 g/mol. The van der Waals surface area contributed by atoms with Gasteiger partial charge in [-0.2, -0.15) is 0 Å². The Morgan fingerprint density at radius 2 is 1.79 bits per heavy atom. The molecule has 2 atom stereocenters. The van der Waals surface area contributed by atoms with Gasteiger partial charge in [-0.3, -0.25) is 4.79 Å². The fraction of sp³-hybridized carbons (Fsp3) is 0.333. The van der Waals surface area contributed by atoms with Crippen LogP contribution in [0, 0.1) is 12.8 Å². The molecule has 0 unspecified atom stereocenters. The number of carbonyl (C=O) groups is 2. The molecule has 0 fully saturated rings. The lowest BCUT2D eigenvalue weighted by molar-refractivity contribution is -0.146. The van der Waals surface area contributed by atoms with Gasteiger partial charge in [-0.15, -0.1) is 0 Å². The number of aryl methyl sites for hydroxylation is 1. The molecule has 1 aliphatic rings. The van der Waals surface area contributed by atoms with Crippen molar-refractivity contribution in [3.8, 4) is 0 Å². The number of rotatable bonds is 3. The zero-order chi connectivity index (χ0) is 20.5. The fourth-order valence-electron chi connectivity index (χ4n) is 4.47. The molecule has 0 saturated carbocycles. The van der Waals surface area contributed by atoms with E-state index in [1.165, 1.54) is 12.7 Å². The third-order valence-corrected chi connectivity index (χ3v) is 5.87. The van der Waals surface area contributed by atoms with E-state index in [0.29, 0.717) is 19.4 Å². The second kappa shape index (κ2) is 7.74. The lowest BCUT2D eigenvalue weighted by atomic mass is 9.74. The number of hydrogen-bond donors (Lipinski definition) is 0. The van der Waals surface area contributed by atoms with Crippen LogP contribution in [-0.2, 0) is 27.1 Å². The molecule has 5 heteroatoms. The van der Waals surface area contributed by atoms with Crippen LogP contribution in [-0.4, -0.2) is 30.3 Å². The van der Waals surface area contributed by atoms with Gasteiger partial charge in [0.1, 0.15) is 0 Å². The number of fused-ring (bicyclic) bond motifs is 3. The second-order valence-electron chi connectivity index (χ2n) is 7.53. The molecule has 29 heavy (non-hydrogen) atoms. The highest BCUT2D eigenvalue weighted by Crippen LogP contribution is 2.42. The third kappa shape index (κ3) is 3.31. The van der Waals surface area contributed by atoms with E-state index in [2.05, 4.69) is 24.3 Å². The number of hydrogen-bond acceptors (Lipinski definition) is 4. The minimum atomic E-state index is -0.371. The van der Waals surface area contributed by atoms with Gasteiger partial charge >= 0.3 is 12.1 Å². The maximum absolute atomic E-state index is 12.8. The number of carbonyl (C=O) groups excluding carboxylic acids is 2. The van der Waals surface area contributed by atoms with Crippen LogP contribution in [0.25, 0.3) is 10.9 Å². The number of para-hydroxylation sites is 1. The molecule has 0 amide bonds. The minimum Gasteiger partial charge on any atom is -0.469 e. The van der Waals surface area contributed by atoms with E-state index in [0.717, 1.165) is 27.7 Å². The first kappa shape index (κ1) is 19.2. The van der Waals surface area contributed by atoms with Crippen molar-refractivity contribution >= 4 is 23.0 Å². The van der Waals surface area contributed by atoms with Crippen molar-refractivity contribution in [2.75, 3.05) is 13.7 Å². The Bertz CT molecular complexity index is 1060. The Hall–Kier alpha value is -3.08. The molecular weight excluding hydrogens is 366 g/mol. The molecule has 0 radical (unpaired) electrons. The van der Waals surface area contributed by atoms with Gasteiger partial charge in [0.2, 0.25) is 0 Å². The summed E-state index contributed by atoms with van der Waals surface area (Å²) in [5.41, 5.74) is 5.03. The molecule has 0 bridgehead atoms. The largest absolute Gasteiger partial charge is 0.469 e. The van der Waals surface area contributed by atoms with Gasteiger partial charge in [0.15, 0.2) is 0 Å². The van der Waals surface area contributed by atoms with Crippen LogP contribution in [0.3, 0.4) is 0 Å². The summed E-state index contributed by atoms with van der Waals surface area (Å²) >= 11 is 0. The smallest absolute Gasteiger partial charge is 0.418 e. The first-order valence-electron chi connectivity index (χ1n) is 9.97.